The minimum Gasteiger partial charge on any atom is -0.478 e. The van der Waals surface area contributed by atoms with Crippen molar-refractivity contribution in [1.82, 2.24) is 9.29 Å². The Morgan fingerprint density at radius 3 is 2.67 bits per heavy atom. The van der Waals surface area contributed by atoms with Gasteiger partial charge >= 0.3 is 5.97 Å². The second-order valence-corrected chi connectivity index (χ2v) is 5.50. The van der Waals surface area contributed by atoms with E-state index in [0.717, 1.165) is 16.8 Å². The van der Waals surface area contributed by atoms with Crippen molar-refractivity contribution < 1.29 is 18.3 Å². The first-order valence-electron chi connectivity index (χ1n) is 5.27. The van der Waals surface area contributed by atoms with Crippen LogP contribution < -0.4 is 10.3 Å². The lowest BCUT2D eigenvalue weighted by Gasteiger charge is -2.07. The lowest BCUT2D eigenvalue weighted by Crippen LogP contribution is -2.30. The highest BCUT2D eigenvalue weighted by atomic mass is 32.2. The van der Waals surface area contributed by atoms with Gasteiger partial charge in [0.2, 0.25) is 10.0 Å². The summed E-state index contributed by atoms with van der Waals surface area (Å²) in [4.78, 5) is 22.1. The van der Waals surface area contributed by atoms with Gasteiger partial charge in [-0.05, 0) is 6.07 Å². The number of hydrogen-bond donors (Lipinski definition) is 2. The molecule has 0 amide bonds. The van der Waals surface area contributed by atoms with Crippen molar-refractivity contribution in [1.29, 1.82) is 0 Å². The van der Waals surface area contributed by atoms with Gasteiger partial charge in [0.15, 0.2) is 0 Å². The SMILES string of the molecule is CCNS(=O)(=O)CCn1cc(C(=O)O)ccc1=O. The highest BCUT2D eigenvalue weighted by Gasteiger charge is 2.10. The summed E-state index contributed by atoms with van der Waals surface area (Å²) in [6.45, 7) is 1.83. The van der Waals surface area contributed by atoms with Crippen LogP contribution in [-0.4, -0.2) is 36.4 Å². The van der Waals surface area contributed by atoms with Gasteiger partial charge in [0.05, 0.1) is 11.3 Å². The zero-order valence-electron chi connectivity index (χ0n) is 9.79. The van der Waals surface area contributed by atoms with Crippen LogP contribution in [-0.2, 0) is 16.6 Å². The summed E-state index contributed by atoms with van der Waals surface area (Å²) in [5.74, 6) is -1.44. The van der Waals surface area contributed by atoms with Gasteiger partial charge in [-0.25, -0.2) is 17.9 Å². The van der Waals surface area contributed by atoms with Gasteiger partial charge in [-0.2, -0.15) is 0 Å². The molecule has 0 bridgehead atoms. The minimum absolute atomic E-state index is 0.0598. The number of pyridine rings is 1. The van der Waals surface area contributed by atoms with Gasteiger partial charge in [-0.3, -0.25) is 4.79 Å². The Morgan fingerprint density at radius 1 is 1.44 bits per heavy atom. The van der Waals surface area contributed by atoms with Gasteiger partial charge in [0.1, 0.15) is 0 Å². The predicted octanol–water partition coefficient (Wildman–Crippen LogP) is -0.514. The lowest BCUT2D eigenvalue weighted by atomic mass is 10.3. The first kappa shape index (κ1) is 14.4. The monoisotopic (exact) mass is 274 g/mol. The Morgan fingerprint density at radius 2 is 2.11 bits per heavy atom. The summed E-state index contributed by atoms with van der Waals surface area (Å²) in [5.41, 5.74) is -0.498. The van der Waals surface area contributed by atoms with Crippen LogP contribution in [0, 0.1) is 0 Å². The molecule has 0 aliphatic heterocycles. The maximum atomic E-state index is 11.4. The van der Waals surface area contributed by atoms with E-state index in [9.17, 15) is 18.0 Å². The third kappa shape index (κ3) is 3.97. The molecule has 0 aliphatic rings. The van der Waals surface area contributed by atoms with Crippen LogP contribution in [0.25, 0.3) is 0 Å². The van der Waals surface area contributed by atoms with Crippen molar-refractivity contribution in [2.24, 2.45) is 0 Å². The summed E-state index contributed by atoms with van der Waals surface area (Å²) < 4.78 is 26.1. The molecule has 0 atom stereocenters. The molecule has 1 aromatic heterocycles. The normalized spacial score (nSPS) is 11.4. The predicted molar refractivity (Wildman–Crippen MR) is 65.1 cm³/mol. The summed E-state index contributed by atoms with van der Waals surface area (Å²) in [6, 6.07) is 2.28. The standard InChI is InChI=1S/C10H14N2O5S/c1-2-11-18(16,17)6-5-12-7-8(10(14)15)3-4-9(12)13/h3-4,7,11H,2,5-6H2,1H3,(H,14,15). The molecule has 1 aromatic rings. The van der Waals surface area contributed by atoms with E-state index in [2.05, 4.69) is 4.72 Å². The quantitative estimate of drug-likeness (QED) is 0.726. The van der Waals surface area contributed by atoms with Crippen LogP contribution in [0.4, 0.5) is 0 Å². The van der Waals surface area contributed by atoms with E-state index < -0.39 is 21.6 Å². The highest BCUT2D eigenvalue weighted by Crippen LogP contribution is 1.96. The second kappa shape index (κ2) is 5.78. The van der Waals surface area contributed by atoms with Crippen molar-refractivity contribution in [3.8, 4) is 0 Å². The molecular formula is C10H14N2O5S. The molecule has 8 heteroatoms. The number of nitrogens with zero attached hydrogens (tertiary/aromatic N) is 1. The summed E-state index contributed by atoms with van der Waals surface area (Å²) >= 11 is 0. The third-order valence-electron chi connectivity index (χ3n) is 2.20. The minimum atomic E-state index is -3.44. The van der Waals surface area contributed by atoms with Crippen LogP contribution in [0.5, 0.6) is 0 Å². The molecule has 1 rings (SSSR count). The first-order chi connectivity index (χ1) is 8.35. The van der Waals surface area contributed by atoms with E-state index in [1.165, 1.54) is 6.07 Å². The maximum Gasteiger partial charge on any atom is 0.337 e. The number of hydrogen-bond acceptors (Lipinski definition) is 4. The molecule has 2 N–H and O–H groups in total. The number of carbonyl (C=O) groups is 1. The summed E-state index contributed by atoms with van der Waals surface area (Å²) in [5, 5.41) is 8.77. The molecule has 18 heavy (non-hydrogen) atoms. The Labute approximate surface area is 104 Å². The molecule has 7 nitrogen and oxygen atoms in total. The topological polar surface area (TPSA) is 105 Å². The highest BCUT2D eigenvalue weighted by molar-refractivity contribution is 7.89. The van der Waals surface area contributed by atoms with E-state index in [4.69, 9.17) is 5.11 Å². The zero-order chi connectivity index (χ0) is 13.8. The van der Waals surface area contributed by atoms with Crippen LogP contribution in [0.3, 0.4) is 0 Å². The second-order valence-electron chi connectivity index (χ2n) is 3.57. The molecule has 0 fully saturated rings. The summed E-state index contributed by atoms with van der Waals surface area (Å²) in [7, 11) is -3.44. The van der Waals surface area contributed by atoms with Gasteiger partial charge in [0, 0.05) is 25.4 Å². The van der Waals surface area contributed by atoms with Crippen molar-refractivity contribution >= 4 is 16.0 Å². The van der Waals surface area contributed by atoms with Gasteiger partial charge < -0.3 is 9.67 Å². The zero-order valence-corrected chi connectivity index (χ0v) is 10.6. The van der Waals surface area contributed by atoms with Crippen molar-refractivity contribution in [2.45, 2.75) is 13.5 Å². The number of rotatable bonds is 6. The Kier molecular flexibility index (Phi) is 4.62. The Balaban J connectivity index is 2.88. The van der Waals surface area contributed by atoms with Gasteiger partial charge in [0.25, 0.3) is 5.56 Å². The fraction of sp³-hybridized carbons (Fsp3) is 0.400. The molecule has 0 saturated heterocycles. The van der Waals surface area contributed by atoms with Gasteiger partial charge in [-0.15, -0.1) is 0 Å². The fourth-order valence-electron chi connectivity index (χ4n) is 1.34. The van der Waals surface area contributed by atoms with E-state index in [1.807, 2.05) is 0 Å². The van der Waals surface area contributed by atoms with Gasteiger partial charge in [-0.1, -0.05) is 6.92 Å². The molecular weight excluding hydrogens is 260 g/mol. The van der Waals surface area contributed by atoms with E-state index in [-0.39, 0.29) is 24.4 Å². The number of carboxylic acids is 1. The van der Waals surface area contributed by atoms with Crippen LogP contribution >= 0.6 is 0 Å². The molecule has 0 aromatic carbocycles. The molecule has 0 radical (unpaired) electrons. The number of sulfonamides is 1. The lowest BCUT2D eigenvalue weighted by molar-refractivity contribution is 0.0696. The molecule has 0 unspecified atom stereocenters. The Bertz CT molecular complexity index is 591. The van der Waals surface area contributed by atoms with E-state index in [1.54, 1.807) is 6.92 Å². The van der Waals surface area contributed by atoms with E-state index >= 15 is 0 Å². The summed E-state index contributed by atoms with van der Waals surface area (Å²) in [6.07, 6.45) is 1.13. The molecule has 0 aliphatic carbocycles. The smallest absolute Gasteiger partial charge is 0.337 e. The van der Waals surface area contributed by atoms with Crippen molar-refractivity contribution in [3.63, 3.8) is 0 Å². The molecule has 100 valence electrons. The van der Waals surface area contributed by atoms with Crippen LogP contribution in [0.1, 0.15) is 17.3 Å². The van der Waals surface area contributed by atoms with Crippen LogP contribution in [0.15, 0.2) is 23.1 Å². The fourth-order valence-corrected chi connectivity index (χ4v) is 2.36. The molecule has 0 saturated carbocycles. The Hall–Kier alpha value is -1.67. The van der Waals surface area contributed by atoms with Crippen LogP contribution in [0.2, 0.25) is 0 Å². The number of aromatic carboxylic acids is 1. The third-order valence-corrected chi connectivity index (χ3v) is 3.64. The number of carboxylic acid groups (broad SMARTS) is 1. The molecule has 1 heterocycles. The van der Waals surface area contributed by atoms with E-state index in [0.29, 0.717) is 0 Å². The largest absolute Gasteiger partial charge is 0.478 e. The average molecular weight is 274 g/mol. The van der Waals surface area contributed by atoms with Crippen molar-refractivity contribution in [3.05, 3.63) is 34.2 Å². The number of aryl methyl sites for hydroxylation is 1. The number of nitrogens with one attached hydrogen (secondary N) is 1. The maximum absolute atomic E-state index is 11.4. The first-order valence-corrected chi connectivity index (χ1v) is 6.92. The molecule has 0 spiro atoms. The number of aromatic nitrogens is 1. The van der Waals surface area contributed by atoms with Crippen molar-refractivity contribution in [2.75, 3.05) is 12.3 Å². The average Bonchev–Trinajstić information content (AvgIpc) is 2.27.